The lowest BCUT2D eigenvalue weighted by molar-refractivity contribution is -0.178. The molecule has 1 aliphatic rings. The van der Waals surface area contributed by atoms with Crippen LogP contribution < -0.4 is 5.84 Å². The Bertz CT molecular complexity index is 225. The Kier molecular flexibility index (Phi) is 2.97. The van der Waals surface area contributed by atoms with E-state index in [1.165, 1.54) is 0 Å². The van der Waals surface area contributed by atoms with Crippen molar-refractivity contribution in [1.29, 1.82) is 0 Å². The van der Waals surface area contributed by atoms with Gasteiger partial charge in [0.2, 0.25) is 6.04 Å². The molecular weight excluding hydrogens is 176 g/mol. The van der Waals surface area contributed by atoms with E-state index in [-0.39, 0.29) is 16.9 Å². The van der Waals surface area contributed by atoms with Gasteiger partial charge in [-0.3, -0.25) is 10.0 Å². The van der Waals surface area contributed by atoms with Gasteiger partial charge in [-0.15, -0.1) is 5.17 Å². The molecule has 74 valence electrons. The quantitative estimate of drug-likeness (QED) is 0.256. The number of Topliss-reactive ketones (excluding diaryl/α,β-unsaturated/α-hetero) is 1. The second kappa shape index (κ2) is 3.82. The van der Waals surface area contributed by atoms with Gasteiger partial charge >= 0.3 is 5.97 Å². The number of carbonyl (C=O) groups excluding carboxylic acids is 2. The predicted molar refractivity (Wildman–Crippen MR) is 41.3 cm³/mol. The van der Waals surface area contributed by atoms with Gasteiger partial charge in [0, 0.05) is 5.92 Å². The molecule has 1 rings (SSSR count). The second-order valence-electron chi connectivity index (χ2n) is 2.98. The Hall–Kier alpha value is -0.980. The van der Waals surface area contributed by atoms with Gasteiger partial charge in [-0.25, -0.2) is 10.6 Å². The zero-order valence-electron chi connectivity index (χ0n) is 7.27. The number of ketones is 1. The third-order valence-corrected chi connectivity index (χ3v) is 1.94. The van der Waals surface area contributed by atoms with Crippen LogP contribution in [0.15, 0.2) is 0 Å². The van der Waals surface area contributed by atoms with E-state index in [0.717, 1.165) is 20.0 Å². The summed E-state index contributed by atoms with van der Waals surface area (Å²) in [6.45, 7) is 0. The Labute approximate surface area is 75.2 Å². The van der Waals surface area contributed by atoms with Crippen LogP contribution in [0.25, 0.3) is 0 Å². The zero-order valence-corrected chi connectivity index (χ0v) is 7.27. The molecule has 0 aromatic heterocycles. The summed E-state index contributed by atoms with van der Waals surface area (Å²) in [7, 11) is 1.14. The van der Waals surface area contributed by atoms with Crippen molar-refractivity contribution < 1.29 is 19.5 Å². The van der Waals surface area contributed by atoms with E-state index in [2.05, 4.69) is 4.74 Å². The summed E-state index contributed by atoms with van der Waals surface area (Å²) in [4.78, 5) is 22.4. The predicted octanol–water partition coefficient (Wildman–Crippen LogP) is -0.928. The van der Waals surface area contributed by atoms with Gasteiger partial charge < -0.3 is 4.74 Å². The number of carbonyl (C=O) groups is 2. The maximum absolute atomic E-state index is 11.4. The smallest absolute Gasteiger partial charge is 0.334 e. The molecular formula is C7H12N2O4. The Morgan fingerprint density at radius 3 is 2.46 bits per heavy atom. The molecule has 3 N–H and O–H groups in total. The van der Waals surface area contributed by atoms with Gasteiger partial charge in [0.05, 0.1) is 7.11 Å². The van der Waals surface area contributed by atoms with Crippen LogP contribution in [0.4, 0.5) is 0 Å². The average molecular weight is 188 g/mol. The van der Waals surface area contributed by atoms with Crippen LogP contribution in [0, 0.1) is 5.92 Å². The molecule has 6 heteroatoms. The Morgan fingerprint density at radius 2 is 2.15 bits per heavy atom. The van der Waals surface area contributed by atoms with E-state index >= 15 is 0 Å². The van der Waals surface area contributed by atoms with E-state index in [1.54, 1.807) is 0 Å². The molecule has 0 amide bonds. The molecule has 1 atom stereocenters. The maximum Gasteiger partial charge on any atom is 0.334 e. The summed E-state index contributed by atoms with van der Waals surface area (Å²) < 4.78 is 4.33. The molecule has 0 aromatic rings. The van der Waals surface area contributed by atoms with Crippen LogP contribution in [0.3, 0.4) is 0 Å². The molecule has 0 heterocycles. The molecule has 1 aliphatic carbocycles. The number of hydrazine groups is 1. The number of rotatable bonds is 4. The average Bonchev–Trinajstić information content (AvgIpc) is 2.85. The third kappa shape index (κ3) is 2.24. The minimum absolute atomic E-state index is 0.104. The molecule has 1 saturated carbocycles. The second-order valence-corrected chi connectivity index (χ2v) is 2.98. The molecule has 1 unspecified atom stereocenters. The van der Waals surface area contributed by atoms with E-state index in [9.17, 15) is 9.59 Å². The summed E-state index contributed by atoms with van der Waals surface area (Å²) >= 11 is 0. The first-order valence-corrected chi connectivity index (χ1v) is 3.92. The van der Waals surface area contributed by atoms with Crippen molar-refractivity contribution in [3.63, 3.8) is 0 Å². The highest BCUT2D eigenvalue weighted by Crippen LogP contribution is 2.31. The van der Waals surface area contributed by atoms with Gasteiger partial charge in [-0.05, 0) is 12.8 Å². The van der Waals surface area contributed by atoms with E-state index in [4.69, 9.17) is 11.0 Å². The number of nitrogens with zero attached hydrogens (tertiary/aromatic N) is 1. The van der Waals surface area contributed by atoms with Crippen molar-refractivity contribution in [3.05, 3.63) is 0 Å². The minimum atomic E-state index is -1.38. The van der Waals surface area contributed by atoms with Gasteiger partial charge in [0.1, 0.15) is 0 Å². The van der Waals surface area contributed by atoms with Gasteiger partial charge in [-0.2, -0.15) is 0 Å². The summed E-state index contributed by atoms with van der Waals surface area (Å²) in [5, 5.41) is 8.95. The van der Waals surface area contributed by atoms with Crippen molar-refractivity contribution in [2.75, 3.05) is 7.11 Å². The molecule has 0 spiro atoms. The van der Waals surface area contributed by atoms with Crippen LogP contribution in [0.5, 0.6) is 0 Å². The fourth-order valence-corrected chi connectivity index (χ4v) is 1.06. The van der Waals surface area contributed by atoms with Crippen molar-refractivity contribution >= 4 is 11.8 Å². The van der Waals surface area contributed by atoms with Crippen molar-refractivity contribution in [3.8, 4) is 0 Å². The SMILES string of the molecule is COC(=O)C(C(=O)C1CC1)N(N)O. The first-order valence-electron chi connectivity index (χ1n) is 3.92. The van der Waals surface area contributed by atoms with Crippen molar-refractivity contribution in [2.45, 2.75) is 18.9 Å². The summed E-state index contributed by atoms with van der Waals surface area (Å²) in [6.07, 6.45) is 1.50. The summed E-state index contributed by atoms with van der Waals surface area (Å²) in [6, 6.07) is -1.38. The lowest BCUT2D eigenvalue weighted by Gasteiger charge is -2.17. The Balaban J connectivity index is 2.65. The molecule has 13 heavy (non-hydrogen) atoms. The van der Waals surface area contributed by atoms with Gasteiger partial charge in [0.25, 0.3) is 0 Å². The number of hydrogen-bond acceptors (Lipinski definition) is 6. The van der Waals surface area contributed by atoms with Gasteiger partial charge in [-0.1, -0.05) is 0 Å². The normalized spacial score (nSPS) is 18.5. The van der Waals surface area contributed by atoms with E-state index in [0.29, 0.717) is 0 Å². The molecule has 0 aliphatic heterocycles. The van der Waals surface area contributed by atoms with Crippen molar-refractivity contribution in [1.82, 2.24) is 5.17 Å². The number of methoxy groups -OCH3 is 1. The number of hydroxylamine groups is 1. The number of ether oxygens (including phenoxy) is 1. The molecule has 0 aromatic carbocycles. The zero-order chi connectivity index (χ0) is 10.0. The number of nitrogens with two attached hydrogens (primary N) is 1. The van der Waals surface area contributed by atoms with Crippen LogP contribution in [-0.2, 0) is 14.3 Å². The topological polar surface area (TPSA) is 92.9 Å². The lowest BCUT2D eigenvalue weighted by Crippen LogP contribution is -2.49. The summed E-state index contributed by atoms with van der Waals surface area (Å²) in [5.41, 5.74) is 0. The van der Waals surface area contributed by atoms with Crippen LogP contribution in [-0.4, -0.2) is 35.3 Å². The summed E-state index contributed by atoms with van der Waals surface area (Å²) in [5.74, 6) is 3.59. The molecule has 0 radical (unpaired) electrons. The minimum Gasteiger partial charge on any atom is -0.467 e. The van der Waals surface area contributed by atoms with Crippen LogP contribution in [0.2, 0.25) is 0 Å². The first-order chi connectivity index (χ1) is 6.07. The first kappa shape index (κ1) is 10.1. The fourth-order valence-electron chi connectivity index (χ4n) is 1.06. The third-order valence-electron chi connectivity index (χ3n) is 1.94. The standard InChI is InChI=1S/C7H12N2O4/c1-13-7(11)5(9(8)12)6(10)4-2-3-4/h4-5,12H,2-3,8H2,1H3. The van der Waals surface area contributed by atoms with Gasteiger partial charge in [0.15, 0.2) is 5.78 Å². The molecule has 0 saturated heterocycles. The molecule has 1 fully saturated rings. The number of hydrogen-bond donors (Lipinski definition) is 2. The van der Waals surface area contributed by atoms with Crippen LogP contribution in [0.1, 0.15) is 12.8 Å². The monoisotopic (exact) mass is 188 g/mol. The number of esters is 1. The lowest BCUT2D eigenvalue weighted by atomic mass is 10.1. The van der Waals surface area contributed by atoms with Crippen LogP contribution >= 0.6 is 0 Å². The maximum atomic E-state index is 11.4. The van der Waals surface area contributed by atoms with E-state index < -0.39 is 12.0 Å². The molecule has 0 bridgehead atoms. The highest BCUT2D eigenvalue weighted by Gasteiger charge is 2.41. The van der Waals surface area contributed by atoms with Crippen molar-refractivity contribution in [2.24, 2.45) is 11.8 Å². The van der Waals surface area contributed by atoms with E-state index in [1.807, 2.05) is 0 Å². The highest BCUT2D eigenvalue weighted by atomic mass is 16.6. The largest absolute Gasteiger partial charge is 0.467 e. The fraction of sp³-hybridized carbons (Fsp3) is 0.714. The highest BCUT2D eigenvalue weighted by molar-refractivity contribution is 6.04. The Morgan fingerprint density at radius 1 is 1.62 bits per heavy atom. The molecule has 6 nitrogen and oxygen atoms in total.